The molecule has 0 aliphatic heterocycles. The number of aryl methyl sites for hydroxylation is 1. The molecule has 0 unspecified atom stereocenters. The smallest absolute Gasteiger partial charge is 0.355 e. The Morgan fingerprint density at radius 1 is 1.21 bits per heavy atom. The van der Waals surface area contributed by atoms with Crippen molar-refractivity contribution in [3.8, 4) is 0 Å². The molecule has 150 valence electrons. The van der Waals surface area contributed by atoms with E-state index in [9.17, 15) is 14.4 Å². The Bertz CT molecular complexity index is 1050. The number of thiazole rings is 1. The number of carbonyl (C=O) groups excluding carboxylic acids is 3. The Hall–Kier alpha value is -3.26. The van der Waals surface area contributed by atoms with E-state index in [0.29, 0.717) is 16.4 Å². The van der Waals surface area contributed by atoms with E-state index >= 15 is 0 Å². The summed E-state index contributed by atoms with van der Waals surface area (Å²) in [6.45, 7) is 4.91. The number of amides is 1. The number of hydrogen-bond acceptors (Lipinski definition) is 6. The van der Waals surface area contributed by atoms with Crippen molar-refractivity contribution in [3.63, 3.8) is 0 Å². The summed E-state index contributed by atoms with van der Waals surface area (Å²) in [5, 5.41) is 2.27. The number of ether oxygens (including phenoxy) is 1. The van der Waals surface area contributed by atoms with E-state index in [2.05, 4.69) is 9.97 Å². The predicted molar refractivity (Wildman–Crippen MR) is 111 cm³/mol. The van der Waals surface area contributed by atoms with E-state index in [-0.39, 0.29) is 24.0 Å². The van der Waals surface area contributed by atoms with Crippen LogP contribution in [0.5, 0.6) is 0 Å². The average Bonchev–Trinajstić information content (AvgIpc) is 3.36. The van der Waals surface area contributed by atoms with Crippen molar-refractivity contribution < 1.29 is 19.1 Å². The van der Waals surface area contributed by atoms with Crippen LogP contribution in [-0.2, 0) is 22.6 Å². The highest BCUT2D eigenvalue weighted by Crippen LogP contribution is 2.31. The van der Waals surface area contributed by atoms with Gasteiger partial charge in [-0.15, -0.1) is 11.3 Å². The highest BCUT2D eigenvalue weighted by molar-refractivity contribution is 7.14. The van der Waals surface area contributed by atoms with Crippen molar-refractivity contribution in [1.82, 2.24) is 9.97 Å². The van der Waals surface area contributed by atoms with Gasteiger partial charge in [0.15, 0.2) is 10.9 Å². The first-order valence-electron chi connectivity index (χ1n) is 9.10. The van der Waals surface area contributed by atoms with Gasteiger partial charge in [-0.25, -0.2) is 9.78 Å². The molecule has 0 aliphatic carbocycles. The fraction of sp³-hybridized carbons (Fsp3) is 0.238. The Labute approximate surface area is 172 Å². The first-order valence-corrected chi connectivity index (χ1v) is 9.98. The van der Waals surface area contributed by atoms with Gasteiger partial charge in [-0.1, -0.05) is 25.1 Å². The van der Waals surface area contributed by atoms with Crippen LogP contribution in [0.2, 0.25) is 0 Å². The minimum absolute atomic E-state index is 0.0368. The number of aromatic amines is 1. The molecule has 0 aliphatic rings. The Kier molecular flexibility index (Phi) is 6.23. The number of hydrogen-bond donors (Lipinski definition) is 1. The number of Topliss-reactive ketones (excluding diaryl/α,β-unsaturated/α-hetero) is 1. The van der Waals surface area contributed by atoms with Crippen molar-refractivity contribution in [2.45, 2.75) is 33.8 Å². The third kappa shape index (κ3) is 4.60. The summed E-state index contributed by atoms with van der Waals surface area (Å²) in [4.78, 5) is 44.6. The first-order chi connectivity index (χ1) is 13.9. The van der Waals surface area contributed by atoms with Gasteiger partial charge in [-0.3, -0.25) is 14.5 Å². The SMILES string of the molecule is CCc1ccccc1N(C(C)=O)c1nc(COC(=O)c2cc(C(C)=O)c[nH]2)cs1. The van der Waals surface area contributed by atoms with E-state index < -0.39 is 5.97 Å². The molecule has 2 aromatic heterocycles. The quantitative estimate of drug-likeness (QED) is 0.463. The van der Waals surface area contributed by atoms with Crippen LogP contribution in [0.15, 0.2) is 41.9 Å². The fourth-order valence-corrected chi connectivity index (χ4v) is 3.70. The summed E-state index contributed by atoms with van der Waals surface area (Å²) in [6.07, 6.45) is 2.25. The predicted octanol–water partition coefficient (Wildman–Crippen LogP) is 4.28. The molecule has 0 bridgehead atoms. The lowest BCUT2D eigenvalue weighted by Crippen LogP contribution is -2.23. The van der Waals surface area contributed by atoms with Gasteiger partial charge in [0.05, 0.1) is 11.4 Å². The van der Waals surface area contributed by atoms with Crippen molar-refractivity contribution in [2.75, 3.05) is 4.90 Å². The Balaban J connectivity index is 1.74. The molecule has 0 saturated carbocycles. The second kappa shape index (κ2) is 8.83. The van der Waals surface area contributed by atoms with Gasteiger partial charge < -0.3 is 9.72 Å². The first kappa shape index (κ1) is 20.5. The number of nitrogens with one attached hydrogen (secondary N) is 1. The van der Waals surface area contributed by atoms with Crippen LogP contribution in [0.3, 0.4) is 0 Å². The van der Waals surface area contributed by atoms with Crippen LogP contribution in [0.1, 0.15) is 52.9 Å². The maximum atomic E-state index is 12.3. The maximum absolute atomic E-state index is 12.3. The Morgan fingerprint density at radius 3 is 2.62 bits per heavy atom. The highest BCUT2D eigenvalue weighted by atomic mass is 32.1. The molecule has 1 amide bonds. The van der Waals surface area contributed by atoms with Gasteiger partial charge >= 0.3 is 5.97 Å². The summed E-state index contributed by atoms with van der Waals surface area (Å²) in [5.74, 6) is -0.861. The molecule has 7 nitrogen and oxygen atoms in total. The molecular formula is C21H21N3O4S. The van der Waals surface area contributed by atoms with Gasteiger partial charge in [-0.05, 0) is 31.0 Å². The summed E-state index contributed by atoms with van der Waals surface area (Å²) in [7, 11) is 0. The summed E-state index contributed by atoms with van der Waals surface area (Å²) >= 11 is 1.31. The monoisotopic (exact) mass is 411 g/mol. The number of H-pyrrole nitrogens is 1. The van der Waals surface area contributed by atoms with Crippen LogP contribution in [0, 0.1) is 0 Å². The number of benzene rings is 1. The largest absolute Gasteiger partial charge is 0.454 e. The molecule has 1 aromatic carbocycles. The van der Waals surface area contributed by atoms with E-state index in [1.165, 1.54) is 37.4 Å². The van der Waals surface area contributed by atoms with Crippen molar-refractivity contribution in [1.29, 1.82) is 0 Å². The van der Waals surface area contributed by atoms with Gasteiger partial charge in [0.2, 0.25) is 5.91 Å². The lowest BCUT2D eigenvalue weighted by atomic mass is 10.1. The summed E-state index contributed by atoms with van der Waals surface area (Å²) in [6, 6.07) is 9.14. The topological polar surface area (TPSA) is 92.4 Å². The minimum atomic E-state index is -0.577. The number of esters is 1. The average molecular weight is 411 g/mol. The lowest BCUT2D eigenvalue weighted by Gasteiger charge is -2.20. The number of anilines is 2. The molecule has 0 saturated heterocycles. The molecule has 1 N–H and O–H groups in total. The van der Waals surface area contributed by atoms with Crippen molar-refractivity contribution in [2.24, 2.45) is 0 Å². The Morgan fingerprint density at radius 2 is 1.97 bits per heavy atom. The number of rotatable bonds is 7. The van der Waals surface area contributed by atoms with Crippen molar-refractivity contribution >= 4 is 39.8 Å². The number of nitrogens with zero attached hydrogens (tertiary/aromatic N) is 2. The van der Waals surface area contributed by atoms with E-state index in [0.717, 1.165) is 17.7 Å². The van der Waals surface area contributed by atoms with Crippen LogP contribution in [0.4, 0.5) is 10.8 Å². The van der Waals surface area contributed by atoms with E-state index in [1.807, 2.05) is 31.2 Å². The molecule has 0 spiro atoms. The van der Waals surface area contributed by atoms with Gasteiger partial charge in [0.1, 0.15) is 12.3 Å². The molecule has 0 radical (unpaired) electrons. The van der Waals surface area contributed by atoms with Crippen molar-refractivity contribution in [3.05, 3.63) is 64.4 Å². The van der Waals surface area contributed by atoms with Gasteiger partial charge in [-0.2, -0.15) is 0 Å². The van der Waals surface area contributed by atoms with Crippen LogP contribution in [-0.4, -0.2) is 27.6 Å². The summed E-state index contributed by atoms with van der Waals surface area (Å²) in [5.41, 5.74) is 2.99. The molecule has 2 heterocycles. The second-order valence-electron chi connectivity index (χ2n) is 6.39. The van der Waals surface area contributed by atoms with Gasteiger partial charge in [0.25, 0.3) is 0 Å². The zero-order chi connectivity index (χ0) is 21.0. The molecule has 3 rings (SSSR count). The van der Waals surface area contributed by atoms with Crippen LogP contribution in [0.25, 0.3) is 0 Å². The standard InChI is InChI=1S/C21H21N3O4S/c1-4-15-7-5-6-8-19(15)24(14(3)26)21-23-17(12-29-21)11-28-20(27)18-9-16(10-22-18)13(2)25/h5-10,12,22H,4,11H2,1-3H3. The molecule has 0 fully saturated rings. The maximum Gasteiger partial charge on any atom is 0.355 e. The summed E-state index contributed by atoms with van der Waals surface area (Å²) < 4.78 is 5.27. The normalized spacial score (nSPS) is 10.6. The fourth-order valence-electron chi connectivity index (χ4n) is 2.83. The molecule has 0 atom stereocenters. The molecular weight excluding hydrogens is 390 g/mol. The third-order valence-corrected chi connectivity index (χ3v) is 5.19. The van der Waals surface area contributed by atoms with Crippen LogP contribution < -0.4 is 4.90 Å². The lowest BCUT2D eigenvalue weighted by molar-refractivity contribution is -0.115. The molecule has 3 aromatic rings. The zero-order valence-electron chi connectivity index (χ0n) is 16.4. The number of carbonyl (C=O) groups is 3. The van der Waals surface area contributed by atoms with Crippen LogP contribution >= 0.6 is 11.3 Å². The number of para-hydroxylation sites is 1. The number of ketones is 1. The van der Waals surface area contributed by atoms with Gasteiger partial charge in [0, 0.05) is 24.1 Å². The molecule has 8 heteroatoms. The van der Waals surface area contributed by atoms with E-state index in [1.54, 1.807) is 10.3 Å². The number of aromatic nitrogens is 2. The third-order valence-electron chi connectivity index (χ3n) is 4.32. The van der Waals surface area contributed by atoms with E-state index in [4.69, 9.17) is 4.74 Å². The highest BCUT2D eigenvalue weighted by Gasteiger charge is 2.20. The molecule has 29 heavy (non-hydrogen) atoms. The minimum Gasteiger partial charge on any atom is -0.454 e. The zero-order valence-corrected chi connectivity index (χ0v) is 17.2. The second-order valence-corrected chi connectivity index (χ2v) is 7.23.